The van der Waals surface area contributed by atoms with Crippen molar-refractivity contribution in [1.82, 2.24) is 9.38 Å². The Labute approximate surface area is 113 Å². The van der Waals surface area contributed by atoms with Gasteiger partial charge in [-0.3, -0.25) is 0 Å². The number of fused-ring (bicyclic) bond motifs is 1. The van der Waals surface area contributed by atoms with Crippen LogP contribution in [0.4, 0.5) is 0 Å². The van der Waals surface area contributed by atoms with E-state index in [1.54, 1.807) is 0 Å². The van der Waals surface area contributed by atoms with Crippen LogP contribution < -0.4 is 10.5 Å². The third-order valence-corrected chi connectivity index (χ3v) is 2.80. The van der Waals surface area contributed by atoms with Gasteiger partial charge in [0.2, 0.25) is 0 Å². The third-order valence-electron chi connectivity index (χ3n) is 2.80. The first-order chi connectivity index (χ1) is 9.22. The maximum atomic E-state index is 5.71. The Morgan fingerprint density at radius 2 is 2.16 bits per heavy atom. The molecule has 104 valence electrons. The number of pyridine rings is 1. The van der Waals surface area contributed by atoms with Gasteiger partial charge < -0.3 is 19.6 Å². The largest absolute Gasteiger partial charge is 0.487 e. The monoisotopic (exact) mass is 263 g/mol. The third kappa shape index (κ3) is 3.45. The SMILES string of the molecule is CC(C)c1cn2cccc(OCCOCCN)c2n1. The minimum Gasteiger partial charge on any atom is -0.487 e. The number of imidazole rings is 1. The first-order valence-electron chi connectivity index (χ1n) is 6.60. The van der Waals surface area contributed by atoms with Crippen molar-refractivity contribution in [2.75, 3.05) is 26.4 Å². The van der Waals surface area contributed by atoms with Crippen molar-refractivity contribution in [3.05, 3.63) is 30.2 Å². The molecule has 0 saturated heterocycles. The van der Waals surface area contributed by atoms with Crippen LogP contribution in [0, 0.1) is 0 Å². The predicted octanol–water partition coefficient (Wildman–Crippen LogP) is 1.81. The molecule has 2 aromatic heterocycles. The lowest BCUT2D eigenvalue weighted by molar-refractivity contribution is 0.106. The van der Waals surface area contributed by atoms with Gasteiger partial charge in [0.1, 0.15) is 6.61 Å². The van der Waals surface area contributed by atoms with Crippen LogP contribution in [-0.4, -0.2) is 35.8 Å². The molecule has 0 aliphatic heterocycles. The minimum absolute atomic E-state index is 0.403. The van der Waals surface area contributed by atoms with Crippen LogP contribution in [0.15, 0.2) is 24.5 Å². The minimum atomic E-state index is 0.403. The van der Waals surface area contributed by atoms with Crippen molar-refractivity contribution in [3.63, 3.8) is 0 Å². The molecule has 0 saturated carbocycles. The maximum Gasteiger partial charge on any atom is 0.179 e. The van der Waals surface area contributed by atoms with Crippen LogP contribution >= 0.6 is 0 Å². The molecule has 0 unspecified atom stereocenters. The van der Waals surface area contributed by atoms with Gasteiger partial charge in [0.15, 0.2) is 11.4 Å². The molecule has 2 rings (SSSR count). The zero-order valence-corrected chi connectivity index (χ0v) is 11.5. The van der Waals surface area contributed by atoms with Gasteiger partial charge in [-0.25, -0.2) is 4.98 Å². The molecule has 2 aromatic rings. The van der Waals surface area contributed by atoms with Crippen molar-refractivity contribution in [1.29, 1.82) is 0 Å². The van der Waals surface area contributed by atoms with Crippen molar-refractivity contribution in [2.45, 2.75) is 19.8 Å². The number of ether oxygens (including phenoxy) is 2. The fraction of sp³-hybridized carbons (Fsp3) is 0.500. The summed E-state index contributed by atoms with van der Waals surface area (Å²) in [6.07, 6.45) is 4.02. The molecule has 0 fully saturated rings. The summed E-state index contributed by atoms with van der Waals surface area (Å²) >= 11 is 0. The van der Waals surface area contributed by atoms with Gasteiger partial charge in [0, 0.05) is 18.9 Å². The Kier molecular flexibility index (Phi) is 4.76. The zero-order chi connectivity index (χ0) is 13.7. The molecule has 0 aliphatic carbocycles. The van der Waals surface area contributed by atoms with E-state index >= 15 is 0 Å². The van der Waals surface area contributed by atoms with Crippen LogP contribution in [0.5, 0.6) is 5.75 Å². The van der Waals surface area contributed by atoms with E-state index in [1.807, 2.05) is 28.9 Å². The zero-order valence-electron chi connectivity index (χ0n) is 11.5. The summed E-state index contributed by atoms with van der Waals surface area (Å²) in [5.41, 5.74) is 7.27. The normalized spacial score (nSPS) is 11.4. The molecule has 0 atom stereocenters. The smallest absolute Gasteiger partial charge is 0.179 e. The molecule has 0 bridgehead atoms. The summed E-state index contributed by atoms with van der Waals surface area (Å²) in [6, 6.07) is 3.88. The van der Waals surface area contributed by atoms with Gasteiger partial charge in [-0.1, -0.05) is 13.8 Å². The molecular weight excluding hydrogens is 242 g/mol. The van der Waals surface area contributed by atoms with Gasteiger partial charge in [-0.05, 0) is 18.1 Å². The first kappa shape index (κ1) is 13.8. The molecule has 5 nitrogen and oxygen atoms in total. The summed E-state index contributed by atoms with van der Waals surface area (Å²) in [5.74, 6) is 1.19. The predicted molar refractivity (Wildman–Crippen MR) is 74.6 cm³/mol. The lowest BCUT2D eigenvalue weighted by Gasteiger charge is -2.07. The quantitative estimate of drug-likeness (QED) is 0.774. The van der Waals surface area contributed by atoms with Gasteiger partial charge in [0.05, 0.1) is 18.9 Å². The summed E-state index contributed by atoms with van der Waals surface area (Å²) in [7, 11) is 0. The number of rotatable bonds is 7. The molecule has 0 radical (unpaired) electrons. The highest BCUT2D eigenvalue weighted by Gasteiger charge is 2.09. The Morgan fingerprint density at radius 3 is 2.89 bits per heavy atom. The lowest BCUT2D eigenvalue weighted by Crippen LogP contribution is -2.13. The topological polar surface area (TPSA) is 61.8 Å². The van der Waals surface area contributed by atoms with E-state index < -0.39 is 0 Å². The molecule has 5 heteroatoms. The molecule has 0 aromatic carbocycles. The van der Waals surface area contributed by atoms with Crippen LogP contribution in [-0.2, 0) is 4.74 Å². The maximum absolute atomic E-state index is 5.71. The van der Waals surface area contributed by atoms with Gasteiger partial charge in [-0.2, -0.15) is 0 Å². The van der Waals surface area contributed by atoms with E-state index in [9.17, 15) is 0 Å². The molecule has 0 spiro atoms. The van der Waals surface area contributed by atoms with Crippen molar-refractivity contribution in [3.8, 4) is 5.75 Å². The molecular formula is C14H21N3O2. The second kappa shape index (κ2) is 6.54. The van der Waals surface area contributed by atoms with Crippen LogP contribution in [0.1, 0.15) is 25.5 Å². The average Bonchev–Trinajstić information content (AvgIpc) is 2.83. The van der Waals surface area contributed by atoms with E-state index in [-0.39, 0.29) is 0 Å². The lowest BCUT2D eigenvalue weighted by atomic mass is 10.2. The molecule has 0 amide bonds. The molecule has 2 heterocycles. The first-order valence-corrected chi connectivity index (χ1v) is 6.60. The average molecular weight is 263 g/mol. The summed E-state index contributed by atoms with van der Waals surface area (Å²) in [5, 5.41) is 0. The van der Waals surface area contributed by atoms with E-state index in [2.05, 4.69) is 18.8 Å². The summed E-state index contributed by atoms with van der Waals surface area (Å²) in [6.45, 7) is 6.40. The molecule has 19 heavy (non-hydrogen) atoms. The van der Waals surface area contributed by atoms with E-state index in [0.29, 0.717) is 32.3 Å². The standard InChI is InChI=1S/C14H21N3O2/c1-11(2)12-10-17-6-3-4-13(14(17)16-12)19-9-8-18-7-5-15/h3-4,6,10-11H,5,7-9,15H2,1-2H3. The fourth-order valence-electron chi connectivity index (χ4n) is 1.79. The molecule has 2 N–H and O–H groups in total. The Morgan fingerprint density at radius 1 is 1.32 bits per heavy atom. The van der Waals surface area contributed by atoms with Crippen molar-refractivity contribution in [2.24, 2.45) is 5.73 Å². The molecule has 0 aliphatic rings. The van der Waals surface area contributed by atoms with Crippen LogP contribution in [0.3, 0.4) is 0 Å². The Balaban J connectivity index is 2.05. The fourth-order valence-corrected chi connectivity index (χ4v) is 1.79. The number of aromatic nitrogens is 2. The number of nitrogens with zero attached hydrogens (tertiary/aromatic N) is 2. The Bertz CT molecular complexity index is 522. The van der Waals surface area contributed by atoms with Crippen molar-refractivity contribution < 1.29 is 9.47 Å². The van der Waals surface area contributed by atoms with Gasteiger partial charge in [0.25, 0.3) is 0 Å². The van der Waals surface area contributed by atoms with Crippen molar-refractivity contribution >= 4 is 5.65 Å². The number of nitrogens with two attached hydrogens (primary N) is 1. The highest BCUT2D eigenvalue weighted by molar-refractivity contribution is 5.54. The van der Waals surface area contributed by atoms with E-state index in [1.165, 1.54) is 0 Å². The van der Waals surface area contributed by atoms with E-state index in [4.69, 9.17) is 15.2 Å². The van der Waals surface area contributed by atoms with E-state index in [0.717, 1.165) is 17.1 Å². The highest BCUT2D eigenvalue weighted by Crippen LogP contribution is 2.22. The van der Waals surface area contributed by atoms with Gasteiger partial charge >= 0.3 is 0 Å². The summed E-state index contributed by atoms with van der Waals surface area (Å²) in [4.78, 5) is 4.60. The van der Waals surface area contributed by atoms with Crippen LogP contribution in [0.25, 0.3) is 5.65 Å². The second-order valence-electron chi connectivity index (χ2n) is 4.67. The summed E-state index contributed by atoms with van der Waals surface area (Å²) < 4.78 is 13.0. The number of hydrogen-bond acceptors (Lipinski definition) is 4. The second-order valence-corrected chi connectivity index (χ2v) is 4.67. The van der Waals surface area contributed by atoms with Crippen LogP contribution in [0.2, 0.25) is 0 Å². The Hall–Kier alpha value is -1.59. The highest BCUT2D eigenvalue weighted by atomic mass is 16.5. The number of hydrogen-bond donors (Lipinski definition) is 1. The van der Waals surface area contributed by atoms with Gasteiger partial charge in [-0.15, -0.1) is 0 Å².